The lowest BCUT2D eigenvalue weighted by molar-refractivity contribution is 0.354. The van der Waals surface area contributed by atoms with E-state index < -0.39 is 25.9 Å². The number of sulfone groups is 1. The molecular formula is C12H17ClN2O4S2. The van der Waals surface area contributed by atoms with Crippen LogP contribution in [-0.4, -0.2) is 45.2 Å². The molecule has 0 aliphatic carbocycles. The van der Waals surface area contributed by atoms with Gasteiger partial charge in [0, 0.05) is 12.6 Å². The van der Waals surface area contributed by atoms with Gasteiger partial charge in [-0.3, -0.25) is 0 Å². The van der Waals surface area contributed by atoms with E-state index in [9.17, 15) is 16.8 Å². The Hall–Kier alpha value is -0.830. The predicted molar refractivity (Wildman–Crippen MR) is 82.5 cm³/mol. The van der Waals surface area contributed by atoms with Crippen LogP contribution in [0.1, 0.15) is 13.3 Å². The van der Waals surface area contributed by atoms with E-state index in [0.29, 0.717) is 6.42 Å². The number of nitrogens with two attached hydrogens (primary N) is 1. The average Bonchev–Trinajstić information content (AvgIpc) is 2.69. The standard InChI is InChI=1S/C12H17ClN2O4S2/c1-2-15(9-6-7-20(16,17)8-9)21(18,19)12-10(13)4-3-5-11(12)14/h3-5,9H,2,6-8,14H2,1H3. The molecule has 6 nitrogen and oxygen atoms in total. The molecular weight excluding hydrogens is 336 g/mol. The Morgan fingerprint density at radius 3 is 2.57 bits per heavy atom. The van der Waals surface area contributed by atoms with E-state index in [2.05, 4.69) is 0 Å². The van der Waals surface area contributed by atoms with Gasteiger partial charge < -0.3 is 5.73 Å². The highest BCUT2D eigenvalue weighted by atomic mass is 35.5. The summed E-state index contributed by atoms with van der Waals surface area (Å²) >= 11 is 5.97. The van der Waals surface area contributed by atoms with Gasteiger partial charge in [0.05, 0.1) is 22.2 Å². The lowest BCUT2D eigenvalue weighted by Gasteiger charge is -2.26. The van der Waals surface area contributed by atoms with Crippen LogP contribution >= 0.6 is 11.6 Å². The van der Waals surface area contributed by atoms with E-state index in [1.54, 1.807) is 13.0 Å². The fourth-order valence-corrected chi connectivity index (χ4v) is 6.67. The molecule has 1 saturated heterocycles. The van der Waals surface area contributed by atoms with Gasteiger partial charge in [0.1, 0.15) is 4.90 Å². The Balaban J connectivity index is 2.46. The number of sulfonamides is 1. The fourth-order valence-electron chi connectivity index (χ4n) is 2.54. The summed E-state index contributed by atoms with van der Waals surface area (Å²) in [5.74, 6) is -0.161. The van der Waals surface area contributed by atoms with Gasteiger partial charge in [-0.2, -0.15) is 4.31 Å². The van der Waals surface area contributed by atoms with Crippen LogP contribution in [0.3, 0.4) is 0 Å². The molecule has 1 unspecified atom stereocenters. The normalized spacial score (nSPS) is 21.8. The van der Waals surface area contributed by atoms with Gasteiger partial charge in [0.25, 0.3) is 0 Å². The van der Waals surface area contributed by atoms with Crippen LogP contribution in [0.5, 0.6) is 0 Å². The van der Waals surface area contributed by atoms with Gasteiger partial charge in [-0.25, -0.2) is 16.8 Å². The number of hydrogen-bond donors (Lipinski definition) is 1. The topological polar surface area (TPSA) is 97.5 Å². The number of hydrogen-bond acceptors (Lipinski definition) is 5. The number of benzene rings is 1. The van der Waals surface area contributed by atoms with Crippen LogP contribution in [-0.2, 0) is 19.9 Å². The minimum absolute atomic E-state index is 0.00168. The van der Waals surface area contributed by atoms with Gasteiger partial charge in [0.15, 0.2) is 9.84 Å². The molecule has 0 spiro atoms. The third-order valence-electron chi connectivity index (χ3n) is 3.49. The Bertz CT molecular complexity index is 726. The van der Waals surface area contributed by atoms with E-state index in [1.807, 2.05) is 0 Å². The van der Waals surface area contributed by atoms with Crippen molar-refractivity contribution in [2.75, 3.05) is 23.8 Å². The van der Waals surface area contributed by atoms with E-state index in [0.717, 1.165) is 0 Å². The average molecular weight is 353 g/mol. The molecule has 21 heavy (non-hydrogen) atoms. The third kappa shape index (κ3) is 3.18. The number of rotatable bonds is 4. The fraction of sp³-hybridized carbons (Fsp3) is 0.500. The number of halogens is 1. The van der Waals surface area contributed by atoms with Crippen molar-refractivity contribution in [2.45, 2.75) is 24.3 Å². The molecule has 0 amide bonds. The van der Waals surface area contributed by atoms with Crippen LogP contribution in [0.4, 0.5) is 5.69 Å². The Morgan fingerprint density at radius 1 is 1.43 bits per heavy atom. The Morgan fingerprint density at radius 2 is 2.10 bits per heavy atom. The van der Waals surface area contributed by atoms with Crippen molar-refractivity contribution in [3.63, 3.8) is 0 Å². The smallest absolute Gasteiger partial charge is 0.246 e. The molecule has 0 radical (unpaired) electrons. The van der Waals surface area contributed by atoms with Crippen LogP contribution in [0.15, 0.2) is 23.1 Å². The molecule has 2 N–H and O–H groups in total. The summed E-state index contributed by atoms with van der Waals surface area (Å²) in [4.78, 5) is -0.155. The first-order valence-corrected chi connectivity index (χ1v) is 10.1. The zero-order valence-electron chi connectivity index (χ0n) is 11.5. The molecule has 0 aromatic heterocycles. The lowest BCUT2D eigenvalue weighted by atomic mass is 10.3. The van der Waals surface area contributed by atoms with Crippen molar-refractivity contribution in [1.82, 2.24) is 4.31 Å². The van der Waals surface area contributed by atoms with Gasteiger partial charge in [-0.1, -0.05) is 24.6 Å². The minimum atomic E-state index is -3.93. The van der Waals surface area contributed by atoms with E-state index in [1.165, 1.54) is 16.4 Å². The maximum absolute atomic E-state index is 12.8. The molecule has 1 aliphatic rings. The highest BCUT2D eigenvalue weighted by Crippen LogP contribution is 2.32. The predicted octanol–water partition coefficient (Wildman–Crippen LogP) is 1.12. The maximum atomic E-state index is 12.8. The molecule has 118 valence electrons. The van der Waals surface area contributed by atoms with Crippen LogP contribution in [0.2, 0.25) is 5.02 Å². The monoisotopic (exact) mass is 352 g/mol. The van der Waals surface area contributed by atoms with Crippen LogP contribution in [0, 0.1) is 0 Å². The van der Waals surface area contributed by atoms with Crippen LogP contribution < -0.4 is 5.73 Å². The van der Waals surface area contributed by atoms with Gasteiger partial charge in [-0.05, 0) is 18.6 Å². The molecule has 1 aromatic rings. The van der Waals surface area contributed by atoms with Gasteiger partial charge >= 0.3 is 0 Å². The number of nitrogen functional groups attached to an aromatic ring is 1. The quantitative estimate of drug-likeness (QED) is 0.819. The zero-order valence-corrected chi connectivity index (χ0v) is 13.9. The van der Waals surface area contributed by atoms with Crippen molar-refractivity contribution in [1.29, 1.82) is 0 Å². The summed E-state index contributed by atoms with van der Waals surface area (Å²) in [6, 6.07) is 3.90. The highest BCUT2D eigenvalue weighted by molar-refractivity contribution is 7.92. The molecule has 0 saturated carbocycles. The van der Waals surface area contributed by atoms with E-state index >= 15 is 0 Å². The molecule has 1 heterocycles. The second kappa shape index (κ2) is 5.75. The minimum Gasteiger partial charge on any atom is -0.398 e. The Kier molecular flexibility index (Phi) is 4.53. The largest absolute Gasteiger partial charge is 0.398 e. The first-order chi connectivity index (χ1) is 9.69. The summed E-state index contributed by atoms with van der Waals surface area (Å²) in [5.41, 5.74) is 5.80. The SMILES string of the molecule is CCN(C1CCS(=O)(=O)C1)S(=O)(=O)c1c(N)cccc1Cl. The van der Waals surface area contributed by atoms with E-state index in [4.69, 9.17) is 17.3 Å². The van der Waals surface area contributed by atoms with Gasteiger partial charge in [-0.15, -0.1) is 0 Å². The molecule has 2 rings (SSSR count). The summed E-state index contributed by atoms with van der Waals surface area (Å²) in [6.07, 6.45) is 0.291. The molecule has 9 heteroatoms. The third-order valence-corrected chi connectivity index (χ3v) is 7.81. The lowest BCUT2D eigenvalue weighted by Crippen LogP contribution is -2.41. The first-order valence-electron chi connectivity index (χ1n) is 6.45. The number of anilines is 1. The maximum Gasteiger partial charge on any atom is 0.246 e. The van der Waals surface area contributed by atoms with Crippen molar-refractivity contribution < 1.29 is 16.8 Å². The summed E-state index contributed by atoms with van der Waals surface area (Å²) in [6.45, 7) is 1.82. The van der Waals surface area contributed by atoms with E-state index in [-0.39, 0.29) is 33.7 Å². The first kappa shape index (κ1) is 16.5. The van der Waals surface area contributed by atoms with Crippen molar-refractivity contribution in [3.05, 3.63) is 23.2 Å². The van der Waals surface area contributed by atoms with Crippen molar-refractivity contribution in [2.24, 2.45) is 0 Å². The molecule has 1 aromatic carbocycles. The van der Waals surface area contributed by atoms with Crippen molar-refractivity contribution in [3.8, 4) is 0 Å². The highest BCUT2D eigenvalue weighted by Gasteiger charge is 2.39. The van der Waals surface area contributed by atoms with Crippen LogP contribution in [0.25, 0.3) is 0 Å². The molecule has 1 aliphatic heterocycles. The Labute approximate surface area is 129 Å². The summed E-state index contributed by atoms with van der Waals surface area (Å²) in [7, 11) is -7.12. The van der Waals surface area contributed by atoms with Crippen molar-refractivity contribution >= 4 is 37.1 Å². The summed E-state index contributed by atoms with van der Waals surface area (Å²) in [5, 5.41) is 0.0364. The second-order valence-electron chi connectivity index (χ2n) is 4.92. The second-order valence-corrected chi connectivity index (χ2v) is 9.39. The van der Waals surface area contributed by atoms with Gasteiger partial charge in [0.2, 0.25) is 10.0 Å². The molecule has 1 atom stereocenters. The molecule has 0 bridgehead atoms. The zero-order chi connectivity index (χ0) is 15.8. The molecule has 1 fully saturated rings. The number of nitrogens with zero attached hydrogens (tertiary/aromatic N) is 1. The summed E-state index contributed by atoms with van der Waals surface area (Å²) < 4.78 is 49.9.